The van der Waals surface area contributed by atoms with E-state index in [9.17, 15) is 14.4 Å². The molecule has 1 aromatic carbocycles. The second kappa shape index (κ2) is 8.73. The Hall–Kier alpha value is -3.09. The van der Waals surface area contributed by atoms with Gasteiger partial charge < -0.3 is 19.1 Å². The van der Waals surface area contributed by atoms with Crippen molar-refractivity contribution in [2.24, 2.45) is 11.8 Å². The van der Waals surface area contributed by atoms with Gasteiger partial charge in [-0.1, -0.05) is 12.1 Å². The predicted octanol–water partition coefficient (Wildman–Crippen LogP) is 2.63. The van der Waals surface area contributed by atoms with Crippen molar-refractivity contribution in [1.29, 1.82) is 0 Å². The van der Waals surface area contributed by atoms with Crippen LogP contribution < -0.4 is 4.90 Å². The fourth-order valence-electron chi connectivity index (χ4n) is 4.40. The monoisotopic (exact) mass is 409 g/mol. The van der Waals surface area contributed by atoms with Gasteiger partial charge in [-0.15, -0.1) is 0 Å². The van der Waals surface area contributed by atoms with Crippen LogP contribution in [0.1, 0.15) is 26.2 Å². The number of hydrogen-bond acceptors (Lipinski definition) is 4. The molecular weight excluding hydrogens is 382 g/mol. The number of nitrogens with zero attached hydrogens (tertiary/aromatic N) is 3. The second-order valence-corrected chi connectivity index (χ2v) is 7.79. The number of anilines is 1. The minimum Gasteiger partial charge on any atom is -0.466 e. The van der Waals surface area contributed by atoms with Crippen LogP contribution in [-0.2, 0) is 19.1 Å². The van der Waals surface area contributed by atoms with Crippen LogP contribution in [0.5, 0.6) is 0 Å². The maximum Gasteiger partial charge on any atom is 0.310 e. The molecule has 30 heavy (non-hydrogen) atoms. The first-order valence-electron chi connectivity index (χ1n) is 10.6. The number of hydrogen-bond donors (Lipinski definition) is 0. The molecule has 3 heterocycles. The molecule has 2 fully saturated rings. The first-order chi connectivity index (χ1) is 14.6. The number of aromatic nitrogens is 1. The molecule has 0 N–H and O–H groups in total. The Morgan fingerprint density at radius 3 is 2.50 bits per heavy atom. The highest BCUT2D eigenvalue weighted by molar-refractivity contribution is 6.10. The maximum atomic E-state index is 13.2. The Morgan fingerprint density at radius 1 is 1.03 bits per heavy atom. The summed E-state index contributed by atoms with van der Waals surface area (Å²) in [6.45, 7) is 3.53. The summed E-state index contributed by atoms with van der Waals surface area (Å²) < 4.78 is 7.09. The van der Waals surface area contributed by atoms with E-state index in [4.69, 9.17) is 4.74 Å². The quantitative estimate of drug-likeness (QED) is 0.562. The minimum absolute atomic E-state index is 0.169. The van der Waals surface area contributed by atoms with Gasteiger partial charge in [0.15, 0.2) is 0 Å². The normalized spacial score (nSPS) is 21.7. The van der Waals surface area contributed by atoms with Gasteiger partial charge in [-0.05, 0) is 50.5 Å². The zero-order valence-electron chi connectivity index (χ0n) is 17.2. The van der Waals surface area contributed by atoms with Gasteiger partial charge in [0.2, 0.25) is 11.8 Å². The number of rotatable bonds is 5. The zero-order valence-corrected chi connectivity index (χ0v) is 17.2. The van der Waals surface area contributed by atoms with Gasteiger partial charge in [-0.25, -0.2) is 0 Å². The van der Waals surface area contributed by atoms with Crippen molar-refractivity contribution in [3.8, 4) is 5.69 Å². The molecule has 4 rings (SSSR count). The Kier molecular flexibility index (Phi) is 5.88. The number of ether oxygens (including phenoxy) is 1. The number of piperidine rings is 1. The van der Waals surface area contributed by atoms with E-state index in [2.05, 4.69) is 0 Å². The smallest absolute Gasteiger partial charge is 0.310 e. The minimum atomic E-state index is -0.691. The summed E-state index contributed by atoms with van der Waals surface area (Å²) in [6, 6.07) is 11.6. The van der Waals surface area contributed by atoms with E-state index in [0.29, 0.717) is 32.7 Å². The number of likely N-dealkylation sites (tertiary alicyclic amines) is 1. The molecule has 0 unspecified atom stereocenters. The topological polar surface area (TPSA) is 71.8 Å². The number of esters is 1. The molecule has 0 radical (unpaired) electrons. The summed E-state index contributed by atoms with van der Waals surface area (Å²) >= 11 is 0. The van der Waals surface area contributed by atoms with E-state index in [0.717, 1.165) is 24.2 Å². The Labute approximate surface area is 176 Å². The van der Waals surface area contributed by atoms with E-state index >= 15 is 0 Å². The summed E-state index contributed by atoms with van der Waals surface area (Å²) in [5, 5.41) is 0. The van der Waals surface area contributed by atoms with Gasteiger partial charge in [0.25, 0.3) is 0 Å². The van der Waals surface area contributed by atoms with E-state index < -0.39 is 5.92 Å². The SMILES string of the molecule is CCOC(=O)[C@H]1CCCN(C(=O)[C@@H]2CCN(c3ccccc3-n3cccc3)C2=O)C1. The molecule has 2 aliphatic heterocycles. The predicted molar refractivity (Wildman–Crippen MR) is 112 cm³/mol. The average molecular weight is 409 g/mol. The van der Waals surface area contributed by atoms with Gasteiger partial charge in [-0.3, -0.25) is 14.4 Å². The van der Waals surface area contributed by atoms with E-state index in [1.807, 2.05) is 53.4 Å². The molecule has 1 aromatic heterocycles. The van der Waals surface area contributed by atoms with Crippen molar-refractivity contribution >= 4 is 23.5 Å². The fraction of sp³-hybridized carbons (Fsp3) is 0.435. The summed E-state index contributed by atoms with van der Waals surface area (Å²) in [5.41, 5.74) is 1.71. The number of amides is 2. The third kappa shape index (κ3) is 3.84. The van der Waals surface area contributed by atoms with Crippen LogP contribution >= 0.6 is 0 Å². The van der Waals surface area contributed by atoms with Crippen LogP contribution in [0.4, 0.5) is 5.69 Å². The molecule has 2 atom stereocenters. The van der Waals surface area contributed by atoms with Gasteiger partial charge >= 0.3 is 5.97 Å². The summed E-state index contributed by atoms with van der Waals surface area (Å²) in [5.74, 6) is -1.59. The third-order valence-electron chi connectivity index (χ3n) is 5.91. The van der Waals surface area contributed by atoms with Crippen molar-refractivity contribution in [3.05, 3.63) is 48.8 Å². The third-order valence-corrected chi connectivity index (χ3v) is 5.91. The van der Waals surface area contributed by atoms with Crippen molar-refractivity contribution in [2.75, 3.05) is 31.1 Å². The molecule has 2 aromatic rings. The molecular formula is C23H27N3O4. The Morgan fingerprint density at radius 2 is 1.77 bits per heavy atom. The van der Waals surface area contributed by atoms with Crippen molar-refractivity contribution in [1.82, 2.24) is 9.47 Å². The van der Waals surface area contributed by atoms with Crippen molar-refractivity contribution in [3.63, 3.8) is 0 Å². The molecule has 158 valence electrons. The molecule has 2 amide bonds. The lowest BCUT2D eigenvalue weighted by atomic mass is 9.96. The van der Waals surface area contributed by atoms with E-state index in [1.54, 1.807) is 16.7 Å². The molecule has 7 nitrogen and oxygen atoms in total. The van der Waals surface area contributed by atoms with Crippen LogP contribution in [0.2, 0.25) is 0 Å². The first kappa shape index (κ1) is 20.2. The summed E-state index contributed by atoms with van der Waals surface area (Å²) in [7, 11) is 0. The maximum absolute atomic E-state index is 13.2. The highest BCUT2D eigenvalue weighted by Crippen LogP contribution is 2.32. The summed E-state index contributed by atoms with van der Waals surface area (Å²) in [4.78, 5) is 41.8. The molecule has 7 heteroatoms. The number of benzene rings is 1. The molecule has 2 aliphatic rings. The van der Waals surface area contributed by atoms with Crippen LogP contribution in [0.3, 0.4) is 0 Å². The number of carbonyl (C=O) groups is 3. The second-order valence-electron chi connectivity index (χ2n) is 7.79. The fourth-order valence-corrected chi connectivity index (χ4v) is 4.40. The average Bonchev–Trinajstić information content (AvgIpc) is 3.43. The number of para-hydroxylation sites is 2. The molecule has 0 spiro atoms. The van der Waals surface area contributed by atoms with Gasteiger partial charge in [-0.2, -0.15) is 0 Å². The standard InChI is InChI=1S/C23H27N3O4/c1-2-30-23(29)17-8-7-14-25(16-17)21(27)18-11-15-26(22(18)28)20-10-4-3-9-19(20)24-12-5-6-13-24/h3-6,9-10,12-13,17-18H,2,7-8,11,14-16H2,1H3/t17-,18-/m0/s1. The first-order valence-corrected chi connectivity index (χ1v) is 10.6. The molecule has 2 saturated heterocycles. The molecule has 0 saturated carbocycles. The lowest BCUT2D eigenvalue weighted by Crippen LogP contribution is -2.46. The summed E-state index contributed by atoms with van der Waals surface area (Å²) in [6.07, 6.45) is 5.82. The lowest BCUT2D eigenvalue weighted by Gasteiger charge is -2.33. The molecule has 0 bridgehead atoms. The van der Waals surface area contributed by atoms with E-state index in [1.165, 1.54) is 0 Å². The lowest BCUT2D eigenvalue weighted by molar-refractivity contribution is -0.152. The van der Waals surface area contributed by atoms with Gasteiger partial charge in [0.1, 0.15) is 5.92 Å². The zero-order chi connectivity index (χ0) is 21.1. The van der Waals surface area contributed by atoms with Crippen molar-refractivity contribution < 1.29 is 19.1 Å². The van der Waals surface area contributed by atoms with Crippen LogP contribution in [0, 0.1) is 11.8 Å². The Bertz CT molecular complexity index is 924. The van der Waals surface area contributed by atoms with Gasteiger partial charge in [0, 0.05) is 32.0 Å². The highest BCUT2D eigenvalue weighted by Gasteiger charge is 2.42. The van der Waals surface area contributed by atoms with Crippen molar-refractivity contribution in [2.45, 2.75) is 26.2 Å². The van der Waals surface area contributed by atoms with E-state index in [-0.39, 0.29) is 23.7 Å². The van der Waals surface area contributed by atoms with Crippen LogP contribution in [-0.4, -0.2) is 53.5 Å². The Balaban J connectivity index is 1.49. The number of carbonyl (C=O) groups excluding carboxylic acids is 3. The van der Waals surface area contributed by atoms with Crippen LogP contribution in [0.25, 0.3) is 5.69 Å². The largest absolute Gasteiger partial charge is 0.466 e. The molecule has 0 aliphatic carbocycles. The highest BCUT2D eigenvalue weighted by atomic mass is 16.5. The van der Waals surface area contributed by atoms with Crippen LogP contribution in [0.15, 0.2) is 48.8 Å². The van der Waals surface area contributed by atoms with Gasteiger partial charge in [0.05, 0.1) is 23.9 Å².